The van der Waals surface area contributed by atoms with Crippen LogP contribution in [0, 0.1) is 0 Å². The van der Waals surface area contributed by atoms with E-state index in [1.165, 1.54) is 25.3 Å². The number of carboxylic acids is 2. The zero-order chi connectivity index (χ0) is 20.4. The van der Waals surface area contributed by atoms with Gasteiger partial charge in [0.05, 0.1) is 13.2 Å². The summed E-state index contributed by atoms with van der Waals surface area (Å²) < 4.78 is 10.4. The molecule has 0 fully saturated rings. The number of aromatic hydroxyl groups is 1. The first-order valence-electron chi connectivity index (χ1n) is 8.46. The fourth-order valence-corrected chi connectivity index (χ4v) is 2.35. The fraction of sp³-hybridized carbons (Fsp3) is 0.421. The lowest BCUT2D eigenvalue weighted by Crippen LogP contribution is -2.16. The Morgan fingerprint density at radius 1 is 1.15 bits per heavy atom. The molecule has 148 valence electrons. The van der Waals surface area contributed by atoms with Crippen LogP contribution in [0.25, 0.3) is 6.08 Å². The van der Waals surface area contributed by atoms with E-state index in [-0.39, 0.29) is 30.6 Å². The average Bonchev–Trinajstić information content (AvgIpc) is 2.57. The van der Waals surface area contributed by atoms with Gasteiger partial charge in [0.25, 0.3) is 0 Å². The highest BCUT2D eigenvalue weighted by molar-refractivity contribution is 5.97. The van der Waals surface area contributed by atoms with Crippen molar-refractivity contribution in [2.24, 2.45) is 0 Å². The number of carbonyl (C=O) groups is 3. The summed E-state index contributed by atoms with van der Waals surface area (Å²) in [6.45, 7) is 1.64. The van der Waals surface area contributed by atoms with E-state index < -0.39 is 24.0 Å². The molecule has 0 bridgehead atoms. The van der Waals surface area contributed by atoms with Crippen LogP contribution in [0.3, 0.4) is 0 Å². The molecule has 0 radical (unpaired) electrons. The molecule has 0 aromatic heterocycles. The van der Waals surface area contributed by atoms with E-state index in [0.29, 0.717) is 24.2 Å². The Bertz CT molecular complexity index is 708. The lowest BCUT2D eigenvalue weighted by Gasteiger charge is -2.15. The Balaban J connectivity index is 2.94. The van der Waals surface area contributed by atoms with Crippen molar-refractivity contribution in [1.29, 1.82) is 0 Å². The molecule has 0 unspecified atom stereocenters. The molecule has 0 aliphatic rings. The van der Waals surface area contributed by atoms with Gasteiger partial charge in [0.15, 0.2) is 0 Å². The molecular weight excluding hydrogens is 356 g/mol. The van der Waals surface area contributed by atoms with Crippen LogP contribution >= 0.6 is 0 Å². The third-order valence-corrected chi connectivity index (χ3v) is 3.69. The summed E-state index contributed by atoms with van der Waals surface area (Å²) >= 11 is 0. The van der Waals surface area contributed by atoms with Gasteiger partial charge in [-0.05, 0) is 37.8 Å². The Kier molecular flexibility index (Phi) is 8.84. The van der Waals surface area contributed by atoms with Crippen LogP contribution in [0.2, 0.25) is 0 Å². The van der Waals surface area contributed by atoms with Crippen molar-refractivity contribution in [2.75, 3.05) is 7.11 Å². The van der Waals surface area contributed by atoms with Gasteiger partial charge in [0.2, 0.25) is 0 Å². The number of ether oxygens (including phenoxy) is 2. The summed E-state index contributed by atoms with van der Waals surface area (Å²) in [5, 5.41) is 27.5. The van der Waals surface area contributed by atoms with Gasteiger partial charge in [-0.2, -0.15) is 0 Å². The minimum atomic E-state index is -0.942. The van der Waals surface area contributed by atoms with E-state index in [1.807, 2.05) is 0 Å². The van der Waals surface area contributed by atoms with Gasteiger partial charge in [-0.3, -0.25) is 9.59 Å². The van der Waals surface area contributed by atoms with Crippen LogP contribution in [0.4, 0.5) is 0 Å². The number of rotatable bonds is 11. The molecule has 27 heavy (non-hydrogen) atoms. The molecule has 0 spiro atoms. The first-order valence-corrected chi connectivity index (χ1v) is 8.46. The summed E-state index contributed by atoms with van der Waals surface area (Å²) in [6.07, 6.45) is 3.49. The first-order chi connectivity index (χ1) is 12.7. The van der Waals surface area contributed by atoms with Crippen LogP contribution in [0.1, 0.15) is 54.9 Å². The molecule has 0 amide bonds. The van der Waals surface area contributed by atoms with Crippen molar-refractivity contribution in [1.82, 2.24) is 0 Å². The fourth-order valence-electron chi connectivity index (χ4n) is 2.35. The van der Waals surface area contributed by atoms with E-state index in [0.717, 1.165) is 0 Å². The van der Waals surface area contributed by atoms with Gasteiger partial charge in [-0.15, -0.1) is 0 Å². The number of benzene rings is 1. The summed E-state index contributed by atoms with van der Waals surface area (Å²) in [4.78, 5) is 33.6. The monoisotopic (exact) mass is 380 g/mol. The third kappa shape index (κ3) is 7.81. The third-order valence-electron chi connectivity index (χ3n) is 3.69. The summed E-state index contributed by atoms with van der Waals surface area (Å²) in [7, 11) is 1.41. The van der Waals surface area contributed by atoms with E-state index in [1.54, 1.807) is 13.0 Å². The Morgan fingerprint density at radius 2 is 1.81 bits per heavy atom. The second-order valence-corrected chi connectivity index (χ2v) is 5.95. The second kappa shape index (κ2) is 10.8. The second-order valence-electron chi connectivity index (χ2n) is 5.95. The van der Waals surface area contributed by atoms with Gasteiger partial charge >= 0.3 is 17.9 Å². The molecule has 8 nitrogen and oxygen atoms in total. The Morgan fingerprint density at radius 3 is 2.41 bits per heavy atom. The normalized spacial score (nSPS) is 11.9. The molecule has 3 N–H and O–H groups in total. The largest absolute Gasteiger partial charge is 0.507 e. The number of carbonyl (C=O) groups excluding carboxylic acids is 1. The van der Waals surface area contributed by atoms with Gasteiger partial charge in [-0.1, -0.05) is 12.2 Å². The number of esters is 1. The maximum atomic E-state index is 12.5. The molecular formula is C19H24O8. The van der Waals surface area contributed by atoms with E-state index in [2.05, 4.69) is 0 Å². The quantitative estimate of drug-likeness (QED) is 0.499. The number of carboxylic acid groups (broad SMARTS) is 2. The first kappa shape index (κ1) is 22.0. The van der Waals surface area contributed by atoms with E-state index in [9.17, 15) is 19.5 Å². The van der Waals surface area contributed by atoms with Crippen molar-refractivity contribution in [3.8, 4) is 11.5 Å². The van der Waals surface area contributed by atoms with Crippen LogP contribution in [0.15, 0.2) is 18.2 Å². The summed E-state index contributed by atoms with van der Waals surface area (Å²) in [5.41, 5.74) is 0.271. The van der Waals surface area contributed by atoms with E-state index in [4.69, 9.17) is 19.7 Å². The predicted octanol–water partition coefficient (Wildman–Crippen LogP) is 3.08. The zero-order valence-corrected chi connectivity index (χ0v) is 15.3. The van der Waals surface area contributed by atoms with Crippen LogP contribution < -0.4 is 4.74 Å². The maximum Gasteiger partial charge on any atom is 0.342 e. The SMILES string of the molecule is COc1cc(O)c(C(=O)O[C@H](C)CCCC(=O)O)c(/C=C/CCC(=O)O)c1. The van der Waals surface area contributed by atoms with Gasteiger partial charge in [0.1, 0.15) is 17.1 Å². The number of phenolic OH excluding ortho intramolecular Hbond substituents is 1. The molecule has 0 saturated heterocycles. The lowest BCUT2D eigenvalue weighted by atomic mass is 10.0. The van der Waals surface area contributed by atoms with Crippen LogP contribution in [-0.4, -0.2) is 46.4 Å². The van der Waals surface area contributed by atoms with Crippen molar-refractivity contribution >= 4 is 24.0 Å². The summed E-state index contributed by atoms with van der Waals surface area (Å²) in [6, 6.07) is 2.81. The minimum absolute atomic E-state index is 0.0206. The maximum absolute atomic E-state index is 12.5. The number of aliphatic carboxylic acids is 2. The van der Waals surface area contributed by atoms with Gasteiger partial charge in [-0.25, -0.2) is 4.79 Å². The molecule has 0 heterocycles. The number of hydrogen-bond acceptors (Lipinski definition) is 6. The molecule has 1 aromatic rings. The van der Waals surface area contributed by atoms with Crippen molar-refractivity contribution in [3.63, 3.8) is 0 Å². The highest BCUT2D eigenvalue weighted by Crippen LogP contribution is 2.30. The molecule has 8 heteroatoms. The standard InChI is InChI=1S/C19H24O8/c1-12(6-5-9-17(23)24)27-19(25)18-13(7-3-4-8-16(21)22)10-14(26-2)11-15(18)20/h3,7,10-12,20H,4-6,8-9H2,1-2H3,(H,21,22)(H,23,24)/b7-3+/t12-/m1/s1. The molecule has 1 atom stereocenters. The number of allylic oxidation sites excluding steroid dienone is 1. The Labute approximate surface area is 157 Å². The van der Waals surface area contributed by atoms with Crippen molar-refractivity contribution in [2.45, 2.75) is 45.1 Å². The highest BCUT2D eigenvalue weighted by Gasteiger charge is 2.20. The smallest absolute Gasteiger partial charge is 0.342 e. The Hall–Kier alpha value is -3.03. The lowest BCUT2D eigenvalue weighted by molar-refractivity contribution is -0.138. The van der Waals surface area contributed by atoms with Crippen LogP contribution in [-0.2, 0) is 14.3 Å². The average molecular weight is 380 g/mol. The molecule has 1 aromatic carbocycles. The molecule has 0 aliphatic heterocycles. The topological polar surface area (TPSA) is 130 Å². The summed E-state index contributed by atoms with van der Waals surface area (Å²) in [5.74, 6) is -2.61. The highest BCUT2D eigenvalue weighted by atomic mass is 16.5. The number of hydrogen-bond donors (Lipinski definition) is 3. The zero-order valence-electron chi connectivity index (χ0n) is 15.3. The molecule has 0 saturated carbocycles. The minimum Gasteiger partial charge on any atom is -0.507 e. The van der Waals surface area contributed by atoms with Crippen molar-refractivity contribution < 1.29 is 39.2 Å². The van der Waals surface area contributed by atoms with E-state index >= 15 is 0 Å². The van der Waals surface area contributed by atoms with Gasteiger partial charge < -0.3 is 24.8 Å². The van der Waals surface area contributed by atoms with Crippen molar-refractivity contribution in [3.05, 3.63) is 29.3 Å². The van der Waals surface area contributed by atoms with Crippen LogP contribution in [0.5, 0.6) is 11.5 Å². The van der Waals surface area contributed by atoms with Gasteiger partial charge in [0, 0.05) is 18.9 Å². The molecule has 1 rings (SSSR count). The number of phenols is 1. The predicted molar refractivity (Wildman–Crippen MR) is 96.9 cm³/mol. The molecule has 0 aliphatic carbocycles. The number of methoxy groups -OCH3 is 1.